The van der Waals surface area contributed by atoms with Crippen LogP contribution in [0.5, 0.6) is 0 Å². The Balaban J connectivity index is 2.28. The quantitative estimate of drug-likeness (QED) is 0.747. The van der Waals surface area contributed by atoms with Crippen molar-refractivity contribution < 1.29 is 0 Å². The summed E-state index contributed by atoms with van der Waals surface area (Å²) in [6.07, 6.45) is 1.17. The summed E-state index contributed by atoms with van der Waals surface area (Å²) in [7, 11) is 0. The average molecular weight is 208 g/mol. The molecule has 1 aromatic rings. The van der Waals surface area contributed by atoms with E-state index in [9.17, 15) is 0 Å². The third-order valence-corrected chi connectivity index (χ3v) is 3.40. The molecule has 11 heavy (non-hydrogen) atoms. The normalized spacial score (nSPS) is 23.3. The van der Waals surface area contributed by atoms with Crippen molar-refractivity contribution in [3.05, 3.63) is 20.3 Å². The molecular formula is C7H7Cl2NS. The highest BCUT2D eigenvalue weighted by atomic mass is 35.5. The minimum absolute atomic E-state index is 0.450. The number of nitrogens with one attached hydrogen (secondary N) is 1. The molecule has 1 aliphatic rings. The van der Waals surface area contributed by atoms with Gasteiger partial charge in [-0.25, -0.2) is 0 Å². The van der Waals surface area contributed by atoms with Gasteiger partial charge >= 0.3 is 0 Å². The fourth-order valence-electron chi connectivity index (χ4n) is 1.14. The van der Waals surface area contributed by atoms with Crippen molar-refractivity contribution in [3.63, 3.8) is 0 Å². The fraction of sp³-hybridized carbons (Fsp3) is 0.429. The van der Waals surface area contributed by atoms with Gasteiger partial charge in [-0.3, -0.25) is 0 Å². The summed E-state index contributed by atoms with van der Waals surface area (Å²) in [6, 6.07) is 2.40. The first kappa shape index (κ1) is 7.87. The van der Waals surface area contributed by atoms with Crippen molar-refractivity contribution in [3.8, 4) is 0 Å². The molecule has 0 radical (unpaired) electrons. The molecule has 1 fully saturated rings. The second kappa shape index (κ2) is 2.94. The van der Waals surface area contributed by atoms with Gasteiger partial charge in [-0.15, -0.1) is 11.3 Å². The van der Waals surface area contributed by atoms with Crippen LogP contribution in [0.4, 0.5) is 0 Å². The zero-order valence-electron chi connectivity index (χ0n) is 5.73. The van der Waals surface area contributed by atoms with E-state index in [0.717, 1.165) is 20.8 Å². The molecule has 1 atom stereocenters. The molecule has 1 N–H and O–H groups in total. The van der Waals surface area contributed by atoms with Crippen molar-refractivity contribution in [2.45, 2.75) is 12.5 Å². The van der Waals surface area contributed by atoms with Crippen molar-refractivity contribution in [2.24, 2.45) is 0 Å². The van der Waals surface area contributed by atoms with Crippen LogP contribution in [0.15, 0.2) is 6.07 Å². The summed E-state index contributed by atoms with van der Waals surface area (Å²) in [5, 5.41) is 3.28. The predicted molar refractivity (Wildman–Crippen MR) is 49.7 cm³/mol. The third-order valence-electron chi connectivity index (χ3n) is 1.88. The van der Waals surface area contributed by atoms with Crippen molar-refractivity contribution in [1.29, 1.82) is 0 Å². The van der Waals surface area contributed by atoms with Crippen molar-refractivity contribution in [2.75, 3.05) is 6.54 Å². The largest absolute Gasteiger partial charge is 0.310 e. The molecule has 2 rings (SSSR count). The van der Waals surface area contributed by atoms with Crippen LogP contribution in [0.25, 0.3) is 0 Å². The summed E-state index contributed by atoms with van der Waals surface area (Å²) in [4.78, 5) is 0. The van der Waals surface area contributed by atoms with Gasteiger partial charge in [-0.05, 0) is 19.0 Å². The maximum Gasteiger partial charge on any atom is 0.0991 e. The van der Waals surface area contributed by atoms with Crippen LogP contribution in [0.1, 0.15) is 18.0 Å². The lowest BCUT2D eigenvalue weighted by Gasteiger charge is -2.27. The lowest BCUT2D eigenvalue weighted by molar-refractivity contribution is 0.384. The summed E-state index contributed by atoms with van der Waals surface area (Å²) in [5.41, 5.74) is 1.16. The van der Waals surface area contributed by atoms with Crippen LogP contribution >= 0.6 is 34.5 Å². The summed E-state index contributed by atoms with van der Waals surface area (Å²) >= 11 is 13.2. The first-order valence-electron chi connectivity index (χ1n) is 3.45. The Bertz CT molecular complexity index is 267. The van der Waals surface area contributed by atoms with E-state index in [1.54, 1.807) is 0 Å². The monoisotopic (exact) mass is 207 g/mol. The number of halogens is 2. The molecule has 1 nitrogen and oxygen atoms in total. The Kier molecular flexibility index (Phi) is 2.10. The van der Waals surface area contributed by atoms with E-state index in [0.29, 0.717) is 6.04 Å². The van der Waals surface area contributed by atoms with Crippen LogP contribution in [0.3, 0.4) is 0 Å². The van der Waals surface area contributed by atoms with Crippen LogP contribution in [-0.2, 0) is 0 Å². The fourth-order valence-corrected chi connectivity index (χ4v) is 2.72. The van der Waals surface area contributed by atoms with E-state index in [-0.39, 0.29) is 0 Å². The molecule has 0 amide bonds. The molecule has 4 heteroatoms. The van der Waals surface area contributed by atoms with Crippen LogP contribution in [-0.4, -0.2) is 6.54 Å². The number of rotatable bonds is 1. The van der Waals surface area contributed by atoms with Gasteiger partial charge in [0, 0.05) is 11.6 Å². The van der Waals surface area contributed by atoms with E-state index >= 15 is 0 Å². The topological polar surface area (TPSA) is 12.0 Å². The van der Waals surface area contributed by atoms with Gasteiger partial charge in [0.15, 0.2) is 0 Å². The molecule has 2 heterocycles. The second-order valence-corrected chi connectivity index (χ2v) is 4.86. The standard InChI is InChI=1S/C7H7Cl2NS/c8-6-3-4(7(9)11-6)5-1-2-10-5/h3,5,10H,1-2H2. The minimum Gasteiger partial charge on any atom is -0.310 e. The highest BCUT2D eigenvalue weighted by Gasteiger charge is 2.22. The molecule has 0 spiro atoms. The Morgan fingerprint density at radius 1 is 1.55 bits per heavy atom. The minimum atomic E-state index is 0.450. The molecule has 1 saturated heterocycles. The lowest BCUT2D eigenvalue weighted by atomic mass is 10.0. The highest BCUT2D eigenvalue weighted by Crippen LogP contribution is 2.37. The Morgan fingerprint density at radius 3 is 2.64 bits per heavy atom. The molecule has 1 unspecified atom stereocenters. The Hall–Kier alpha value is 0.240. The number of hydrogen-bond acceptors (Lipinski definition) is 2. The predicted octanol–water partition coefficient (Wildman–Crippen LogP) is 3.09. The third kappa shape index (κ3) is 1.41. The van der Waals surface area contributed by atoms with Gasteiger partial charge in [0.2, 0.25) is 0 Å². The van der Waals surface area contributed by atoms with Crippen molar-refractivity contribution in [1.82, 2.24) is 5.32 Å². The SMILES string of the molecule is Clc1cc(C2CCN2)c(Cl)s1. The summed E-state index contributed by atoms with van der Waals surface area (Å²) in [5.74, 6) is 0. The molecule has 0 aliphatic carbocycles. The molecule has 60 valence electrons. The van der Waals surface area contributed by atoms with Gasteiger partial charge in [0.1, 0.15) is 0 Å². The van der Waals surface area contributed by atoms with Crippen molar-refractivity contribution >= 4 is 34.5 Å². The van der Waals surface area contributed by atoms with E-state index in [1.165, 1.54) is 17.8 Å². The van der Waals surface area contributed by atoms with E-state index in [2.05, 4.69) is 5.32 Å². The van der Waals surface area contributed by atoms with Gasteiger partial charge < -0.3 is 5.32 Å². The molecule has 1 aromatic heterocycles. The number of hydrogen-bond donors (Lipinski definition) is 1. The second-order valence-electron chi connectivity index (χ2n) is 2.57. The maximum atomic E-state index is 5.95. The molecule has 0 bridgehead atoms. The lowest BCUT2D eigenvalue weighted by Crippen LogP contribution is -2.34. The Labute approximate surface area is 79.3 Å². The van der Waals surface area contributed by atoms with E-state index < -0.39 is 0 Å². The van der Waals surface area contributed by atoms with Crippen LogP contribution in [0, 0.1) is 0 Å². The Morgan fingerprint density at radius 2 is 2.27 bits per heavy atom. The maximum absolute atomic E-state index is 5.95. The van der Waals surface area contributed by atoms with E-state index in [1.807, 2.05) is 6.07 Å². The van der Waals surface area contributed by atoms with Crippen LogP contribution < -0.4 is 5.32 Å². The molecule has 0 aromatic carbocycles. The van der Waals surface area contributed by atoms with Gasteiger partial charge in [-0.1, -0.05) is 23.2 Å². The summed E-state index contributed by atoms with van der Waals surface area (Å²) in [6.45, 7) is 1.09. The zero-order valence-corrected chi connectivity index (χ0v) is 8.06. The molecular weight excluding hydrogens is 201 g/mol. The smallest absolute Gasteiger partial charge is 0.0991 e. The van der Waals surface area contributed by atoms with Crippen LogP contribution in [0.2, 0.25) is 8.67 Å². The first-order chi connectivity index (χ1) is 5.27. The number of thiophene rings is 1. The van der Waals surface area contributed by atoms with E-state index in [4.69, 9.17) is 23.2 Å². The molecule has 1 aliphatic heterocycles. The van der Waals surface area contributed by atoms with Gasteiger partial charge in [0.05, 0.1) is 8.67 Å². The highest BCUT2D eigenvalue weighted by molar-refractivity contribution is 7.20. The first-order valence-corrected chi connectivity index (χ1v) is 5.03. The average Bonchev–Trinajstić information content (AvgIpc) is 2.07. The van der Waals surface area contributed by atoms with Gasteiger partial charge in [0.25, 0.3) is 0 Å². The zero-order chi connectivity index (χ0) is 7.84. The molecule has 0 saturated carbocycles. The van der Waals surface area contributed by atoms with Gasteiger partial charge in [-0.2, -0.15) is 0 Å². The summed E-state index contributed by atoms with van der Waals surface area (Å²) < 4.78 is 1.60.